The number of aromatic nitrogens is 1. The van der Waals surface area contributed by atoms with Gasteiger partial charge in [0, 0.05) is 41.4 Å². The zero-order valence-corrected chi connectivity index (χ0v) is 10.9. The van der Waals surface area contributed by atoms with Gasteiger partial charge in [-0.25, -0.2) is 13.1 Å². The molecule has 0 bridgehead atoms. The van der Waals surface area contributed by atoms with E-state index in [9.17, 15) is 8.42 Å². The molecule has 0 saturated carbocycles. The average molecular weight is 309 g/mol. The summed E-state index contributed by atoms with van der Waals surface area (Å²) in [7, 11) is -4.38. The van der Waals surface area contributed by atoms with Gasteiger partial charge < -0.3 is 9.88 Å². The van der Waals surface area contributed by atoms with Crippen LogP contribution in [-0.2, 0) is 22.1 Å². The van der Waals surface area contributed by atoms with Gasteiger partial charge in [0.05, 0.1) is 7.12 Å². The van der Waals surface area contributed by atoms with E-state index in [2.05, 4.69) is 4.98 Å². The van der Waals surface area contributed by atoms with E-state index in [1.807, 2.05) is 0 Å². The minimum absolute atomic E-state index is 0.0515. The van der Waals surface area contributed by atoms with Gasteiger partial charge in [0.1, 0.15) is 0 Å². The highest BCUT2D eigenvalue weighted by Crippen LogP contribution is 2.21. The molecule has 2 aromatic rings. The zero-order chi connectivity index (χ0) is 26.7. The van der Waals surface area contributed by atoms with Crippen LogP contribution >= 0.6 is 0 Å². The molecule has 2 rings (SSSR count). The van der Waals surface area contributed by atoms with Crippen molar-refractivity contribution in [1.82, 2.24) is 14.6 Å². The van der Waals surface area contributed by atoms with Gasteiger partial charge in [-0.15, -0.1) is 0 Å². The van der Waals surface area contributed by atoms with Crippen LogP contribution in [0.4, 0.5) is 0 Å². The lowest BCUT2D eigenvalue weighted by molar-refractivity contribution is 0.414. The summed E-state index contributed by atoms with van der Waals surface area (Å²) in [6, 6.07) is 3.57. The summed E-state index contributed by atoms with van der Waals surface area (Å²) in [5, 5.41) is -0.212. The highest BCUT2D eigenvalue weighted by Gasteiger charge is 2.11. The molecule has 0 spiro atoms. The van der Waals surface area contributed by atoms with Crippen molar-refractivity contribution >= 4 is 20.9 Å². The van der Waals surface area contributed by atoms with Gasteiger partial charge in [-0.2, -0.15) is 0 Å². The number of benzene rings is 1. The first-order chi connectivity index (χ1) is 14.9. The van der Waals surface area contributed by atoms with Crippen LogP contribution in [0.2, 0.25) is 0 Å². The summed E-state index contributed by atoms with van der Waals surface area (Å²) in [5.74, 6) is -0.855. The van der Waals surface area contributed by atoms with E-state index in [0.717, 1.165) is 6.07 Å². The van der Waals surface area contributed by atoms with Crippen LogP contribution < -0.4 is 4.72 Å². The SMILES string of the molecule is [2H]c1[nH]c2ccc(CS(=O)(=O)NC([2H])([2H])[2H])cc2c1C([2H])([2H])C([2H])([2H])N(C([2H])([2H])[2H])C([2H])([2H])[2H]. The Morgan fingerprint density at radius 3 is 3.10 bits per heavy atom. The molecule has 6 heteroatoms. The van der Waals surface area contributed by atoms with Crippen LogP contribution in [0.1, 0.15) is 30.3 Å². The van der Waals surface area contributed by atoms with E-state index in [-0.39, 0.29) is 16.5 Å². The van der Waals surface area contributed by atoms with Crippen LogP contribution in [0, 0.1) is 0 Å². The first-order valence-electron chi connectivity index (χ1n) is 12.3. The van der Waals surface area contributed by atoms with Crippen molar-refractivity contribution in [2.45, 2.75) is 12.1 Å². The number of sulfonamides is 1. The Bertz CT molecular complexity index is 1150. The Hall–Kier alpha value is -1.37. The van der Waals surface area contributed by atoms with Crippen molar-refractivity contribution in [1.29, 1.82) is 0 Å². The topological polar surface area (TPSA) is 65.2 Å². The number of nitrogens with zero attached hydrogens (tertiary/aromatic N) is 1. The van der Waals surface area contributed by atoms with Crippen molar-refractivity contribution < 1.29 is 27.6 Å². The van der Waals surface area contributed by atoms with Crippen LogP contribution in [0.5, 0.6) is 0 Å². The fraction of sp³-hybridized carbons (Fsp3) is 0.429. The molecule has 0 unspecified atom stereocenters. The number of fused-ring (bicyclic) bond motifs is 1. The second-order valence-electron chi connectivity index (χ2n) is 3.94. The molecule has 0 saturated heterocycles. The van der Waals surface area contributed by atoms with Crippen LogP contribution in [0.15, 0.2) is 24.4 Å². The lowest BCUT2D eigenvalue weighted by Gasteiger charge is -2.08. The Morgan fingerprint density at radius 2 is 2.35 bits per heavy atom. The molecule has 5 nitrogen and oxygen atoms in total. The van der Waals surface area contributed by atoms with Crippen molar-refractivity contribution in [2.75, 3.05) is 27.4 Å². The van der Waals surface area contributed by atoms with Crippen LogP contribution in [0.25, 0.3) is 10.9 Å². The summed E-state index contributed by atoms with van der Waals surface area (Å²) in [6.45, 7) is -13.9. The van der Waals surface area contributed by atoms with Gasteiger partial charge in [0.15, 0.2) is 0 Å². The van der Waals surface area contributed by atoms with Gasteiger partial charge in [0.25, 0.3) is 0 Å². The third-order valence-electron chi connectivity index (χ3n) is 2.48. The van der Waals surface area contributed by atoms with Crippen molar-refractivity contribution in [2.24, 2.45) is 0 Å². The molecule has 20 heavy (non-hydrogen) atoms. The van der Waals surface area contributed by atoms with E-state index < -0.39 is 66.2 Å². The molecule has 110 valence electrons. The monoisotopic (exact) mass is 309 g/mol. The quantitative estimate of drug-likeness (QED) is 0.846. The van der Waals surface area contributed by atoms with E-state index in [0.29, 0.717) is 0 Å². The largest absolute Gasteiger partial charge is 0.361 e. The summed E-state index contributed by atoms with van der Waals surface area (Å²) >= 11 is 0. The maximum atomic E-state index is 12.1. The number of hydrogen-bond donors (Lipinski definition) is 2. The van der Waals surface area contributed by atoms with Crippen LogP contribution in [0.3, 0.4) is 0 Å². The molecule has 2 N–H and O–H groups in total. The number of likely N-dealkylation sites (N-methyl/N-ethyl adjacent to an activating group) is 1. The molecular formula is C14H21N3O2S. The smallest absolute Gasteiger partial charge is 0.215 e. The number of aromatic amines is 1. The first kappa shape index (κ1) is 5.12. The predicted octanol–water partition coefficient (Wildman–Crippen LogP) is 1.32. The third-order valence-corrected chi connectivity index (χ3v) is 3.50. The molecule has 0 aliphatic heterocycles. The van der Waals surface area contributed by atoms with E-state index in [1.54, 1.807) is 0 Å². The van der Waals surface area contributed by atoms with Crippen molar-refractivity contribution in [3.8, 4) is 0 Å². The van der Waals surface area contributed by atoms with E-state index in [1.165, 1.54) is 16.9 Å². The summed E-state index contributed by atoms with van der Waals surface area (Å²) in [5.41, 5.74) is -0.739. The number of aryl methyl sites for hydroxylation is 1. The zero-order valence-electron chi connectivity index (χ0n) is 24.1. The fourth-order valence-corrected chi connectivity index (χ4v) is 2.35. The Balaban J connectivity index is 2.68. The van der Waals surface area contributed by atoms with Crippen molar-refractivity contribution in [3.63, 3.8) is 0 Å². The second kappa shape index (κ2) is 5.95. The molecule has 0 radical (unpaired) electrons. The number of hydrogen-bond acceptors (Lipinski definition) is 3. The first-order valence-corrected chi connectivity index (χ1v) is 6.99. The standard InChI is InChI=1S/C14H21N3O2S/c1-15-20(18,19)10-11-4-5-14-13(8-11)12(9-16-14)6-7-17(2)3/h4-5,8-9,15-16H,6-7,10H2,1-3H3/i1D3,2D3,3D3,6D2,7D2,9D. The molecule has 0 aliphatic rings. The summed E-state index contributed by atoms with van der Waals surface area (Å²) in [6.07, 6.45) is -4.10. The predicted molar refractivity (Wildman–Crippen MR) is 82.2 cm³/mol. The minimum Gasteiger partial charge on any atom is -0.361 e. The lowest BCUT2D eigenvalue weighted by atomic mass is 10.1. The molecule has 1 aromatic heterocycles. The Labute approximate surface area is 139 Å². The fourth-order valence-electron chi connectivity index (χ4n) is 1.66. The molecular weight excluding hydrogens is 274 g/mol. The Morgan fingerprint density at radius 1 is 1.50 bits per heavy atom. The lowest BCUT2D eigenvalue weighted by Crippen LogP contribution is -2.20. The van der Waals surface area contributed by atoms with Crippen LogP contribution in [-0.4, -0.2) is 45.7 Å². The van der Waals surface area contributed by atoms with Gasteiger partial charge in [-0.1, -0.05) is 6.07 Å². The number of nitrogens with one attached hydrogen (secondary N) is 2. The maximum Gasteiger partial charge on any atom is 0.215 e. The second-order valence-corrected chi connectivity index (χ2v) is 5.66. The van der Waals surface area contributed by atoms with Gasteiger partial charge in [-0.05, 0) is 50.6 Å². The highest BCUT2D eigenvalue weighted by atomic mass is 32.2. The van der Waals surface area contributed by atoms with Gasteiger partial charge >= 0.3 is 0 Å². The van der Waals surface area contributed by atoms with Gasteiger partial charge in [-0.3, -0.25) is 0 Å². The molecule has 1 heterocycles. The minimum atomic E-state index is -4.38. The summed E-state index contributed by atoms with van der Waals surface area (Å²) < 4.78 is 133. The molecule has 0 atom stereocenters. The molecule has 0 amide bonds. The van der Waals surface area contributed by atoms with E-state index in [4.69, 9.17) is 19.2 Å². The number of H-pyrrole nitrogens is 1. The maximum absolute atomic E-state index is 12.1. The highest BCUT2D eigenvalue weighted by molar-refractivity contribution is 7.88. The summed E-state index contributed by atoms with van der Waals surface area (Å²) in [4.78, 5) is 1.89. The normalized spacial score (nSPS) is 26.1. The molecule has 0 fully saturated rings. The van der Waals surface area contributed by atoms with Gasteiger partial charge in [0.2, 0.25) is 10.0 Å². The molecule has 1 aromatic carbocycles. The average Bonchev–Trinajstić information content (AvgIpc) is 2.83. The van der Waals surface area contributed by atoms with E-state index >= 15 is 0 Å². The van der Waals surface area contributed by atoms with Crippen molar-refractivity contribution in [3.05, 3.63) is 35.5 Å². The number of rotatable bonds is 6. The Kier molecular flexibility index (Phi) is 1.52. The third kappa shape index (κ3) is 3.59. The molecule has 0 aliphatic carbocycles.